The van der Waals surface area contributed by atoms with Crippen molar-refractivity contribution in [1.82, 2.24) is 8.96 Å². The number of pyridine rings is 1. The molecule has 0 unspecified atom stereocenters. The molecule has 0 aliphatic carbocycles. The van der Waals surface area contributed by atoms with Crippen LogP contribution in [-0.2, 0) is 10.0 Å². The average Bonchev–Trinajstić information content (AvgIpc) is 3.04. The SMILES string of the molecule is Cc1ccc(S(=O)(=O)n2ccc(NC(=O)c3ccccn3)c2)c(F)c1. The van der Waals surface area contributed by atoms with Gasteiger partial charge in [0.2, 0.25) is 0 Å². The lowest BCUT2D eigenvalue weighted by Gasteiger charge is -2.07. The van der Waals surface area contributed by atoms with E-state index in [1.165, 1.54) is 42.9 Å². The number of carbonyl (C=O) groups is 1. The van der Waals surface area contributed by atoms with Crippen LogP contribution in [0.25, 0.3) is 0 Å². The Morgan fingerprint density at radius 2 is 2.00 bits per heavy atom. The Labute approximate surface area is 144 Å². The van der Waals surface area contributed by atoms with Gasteiger partial charge in [0, 0.05) is 18.6 Å². The molecule has 6 nitrogen and oxygen atoms in total. The first-order chi connectivity index (χ1) is 11.9. The highest BCUT2D eigenvalue weighted by Crippen LogP contribution is 2.21. The summed E-state index contributed by atoms with van der Waals surface area (Å²) < 4.78 is 39.9. The predicted molar refractivity (Wildman–Crippen MR) is 90.3 cm³/mol. The van der Waals surface area contributed by atoms with Crippen LogP contribution < -0.4 is 5.32 Å². The van der Waals surface area contributed by atoms with Crippen LogP contribution in [0.4, 0.5) is 10.1 Å². The molecule has 0 bridgehead atoms. The molecule has 0 saturated carbocycles. The largest absolute Gasteiger partial charge is 0.319 e. The van der Waals surface area contributed by atoms with Gasteiger partial charge in [-0.2, -0.15) is 0 Å². The van der Waals surface area contributed by atoms with E-state index in [1.807, 2.05) is 0 Å². The number of carbonyl (C=O) groups excluding carboxylic acids is 1. The van der Waals surface area contributed by atoms with Crippen LogP contribution in [0.5, 0.6) is 0 Å². The highest BCUT2D eigenvalue weighted by Gasteiger charge is 2.21. The first kappa shape index (κ1) is 16.8. The minimum atomic E-state index is -4.09. The maximum Gasteiger partial charge on any atom is 0.274 e. The molecule has 0 saturated heterocycles. The molecule has 0 atom stereocenters. The Bertz CT molecular complexity index is 1030. The number of nitrogens with one attached hydrogen (secondary N) is 1. The zero-order chi connectivity index (χ0) is 18.0. The van der Waals surface area contributed by atoms with Crippen molar-refractivity contribution in [2.45, 2.75) is 11.8 Å². The van der Waals surface area contributed by atoms with Gasteiger partial charge < -0.3 is 5.32 Å². The molecule has 25 heavy (non-hydrogen) atoms. The minimum Gasteiger partial charge on any atom is -0.319 e. The van der Waals surface area contributed by atoms with Crippen molar-refractivity contribution in [3.05, 3.63) is 78.1 Å². The van der Waals surface area contributed by atoms with E-state index in [0.29, 0.717) is 5.56 Å². The van der Waals surface area contributed by atoms with E-state index in [9.17, 15) is 17.6 Å². The van der Waals surface area contributed by atoms with Crippen molar-refractivity contribution in [1.29, 1.82) is 0 Å². The fourth-order valence-corrected chi connectivity index (χ4v) is 3.47. The third-order valence-corrected chi connectivity index (χ3v) is 5.13. The second-order valence-electron chi connectivity index (χ2n) is 5.34. The summed E-state index contributed by atoms with van der Waals surface area (Å²) in [6.45, 7) is 1.67. The van der Waals surface area contributed by atoms with Gasteiger partial charge in [-0.05, 0) is 42.8 Å². The van der Waals surface area contributed by atoms with Crippen molar-refractivity contribution >= 4 is 21.6 Å². The summed E-state index contributed by atoms with van der Waals surface area (Å²) in [6.07, 6.45) is 3.92. The first-order valence-corrected chi connectivity index (χ1v) is 8.74. The molecule has 3 rings (SSSR count). The smallest absolute Gasteiger partial charge is 0.274 e. The number of amides is 1. The molecule has 0 spiro atoms. The van der Waals surface area contributed by atoms with E-state index in [2.05, 4.69) is 10.3 Å². The summed E-state index contributed by atoms with van der Waals surface area (Å²) in [5.41, 5.74) is 1.07. The van der Waals surface area contributed by atoms with Gasteiger partial charge in [0.05, 0.1) is 5.69 Å². The van der Waals surface area contributed by atoms with Crippen LogP contribution in [-0.4, -0.2) is 23.3 Å². The molecule has 0 aliphatic rings. The highest BCUT2D eigenvalue weighted by molar-refractivity contribution is 7.90. The summed E-state index contributed by atoms with van der Waals surface area (Å²) in [5, 5.41) is 2.55. The zero-order valence-electron chi connectivity index (χ0n) is 13.2. The van der Waals surface area contributed by atoms with E-state index >= 15 is 0 Å². The number of anilines is 1. The molecule has 2 heterocycles. The maximum absolute atomic E-state index is 14.0. The number of aromatic nitrogens is 2. The van der Waals surface area contributed by atoms with Crippen LogP contribution in [0.1, 0.15) is 16.1 Å². The van der Waals surface area contributed by atoms with Gasteiger partial charge >= 0.3 is 0 Å². The predicted octanol–water partition coefficient (Wildman–Crippen LogP) is 2.82. The molecular formula is C17H14FN3O3S. The monoisotopic (exact) mass is 359 g/mol. The Hall–Kier alpha value is -3.00. The normalized spacial score (nSPS) is 11.3. The van der Waals surface area contributed by atoms with Gasteiger partial charge in [-0.25, -0.2) is 16.8 Å². The molecule has 3 aromatic rings. The molecule has 1 N–H and O–H groups in total. The molecular weight excluding hydrogens is 345 g/mol. The van der Waals surface area contributed by atoms with Crippen LogP contribution in [0, 0.1) is 12.7 Å². The maximum atomic E-state index is 14.0. The quantitative estimate of drug-likeness (QED) is 0.777. The third kappa shape index (κ3) is 3.43. The average molecular weight is 359 g/mol. The molecule has 0 radical (unpaired) electrons. The second kappa shape index (κ2) is 6.48. The molecule has 0 fully saturated rings. The third-order valence-electron chi connectivity index (χ3n) is 3.47. The van der Waals surface area contributed by atoms with Crippen molar-refractivity contribution in [2.75, 3.05) is 5.32 Å². The lowest BCUT2D eigenvalue weighted by Crippen LogP contribution is -2.14. The number of rotatable bonds is 4. The van der Waals surface area contributed by atoms with Gasteiger partial charge in [0.1, 0.15) is 16.4 Å². The van der Waals surface area contributed by atoms with E-state index in [4.69, 9.17) is 0 Å². The topological polar surface area (TPSA) is 81.1 Å². The minimum absolute atomic E-state index is 0.197. The van der Waals surface area contributed by atoms with Gasteiger partial charge in [-0.3, -0.25) is 9.78 Å². The lowest BCUT2D eigenvalue weighted by molar-refractivity contribution is 0.102. The number of hydrogen-bond acceptors (Lipinski definition) is 4. The Kier molecular flexibility index (Phi) is 4.37. The van der Waals surface area contributed by atoms with Crippen LogP contribution >= 0.6 is 0 Å². The van der Waals surface area contributed by atoms with Crippen LogP contribution in [0.3, 0.4) is 0 Å². The number of benzene rings is 1. The first-order valence-electron chi connectivity index (χ1n) is 7.30. The van der Waals surface area contributed by atoms with Gasteiger partial charge in [-0.15, -0.1) is 0 Å². The summed E-state index contributed by atoms with van der Waals surface area (Å²) in [5.74, 6) is -1.30. The van der Waals surface area contributed by atoms with E-state index in [1.54, 1.807) is 19.1 Å². The Balaban J connectivity index is 1.87. The van der Waals surface area contributed by atoms with Gasteiger partial charge in [0.25, 0.3) is 15.9 Å². The fourth-order valence-electron chi connectivity index (χ4n) is 2.22. The highest BCUT2D eigenvalue weighted by atomic mass is 32.2. The molecule has 0 aliphatic heterocycles. The summed E-state index contributed by atoms with van der Waals surface area (Å²) in [6, 6.07) is 10.2. The van der Waals surface area contributed by atoms with Crippen LogP contribution in [0.2, 0.25) is 0 Å². The molecule has 128 valence electrons. The zero-order valence-corrected chi connectivity index (χ0v) is 14.0. The molecule has 8 heteroatoms. The van der Waals surface area contributed by atoms with Crippen molar-refractivity contribution in [3.63, 3.8) is 0 Å². The van der Waals surface area contributed by atoms with E-state index in [-0.39, 0.29) is 11.4 Å². The second-order valence-corrected chi connectivity index (χ2v) is 7.15. The van der Waals surface area contributed by atoms with E-state index < -0.39 is 26.6 Å². The van der Waals surface area contributed by atoms with Crippen LogP contribution in [0.15, 0.2) is 66.0 Å². The number of aryl methyl sites for hydroxylation is 1. The van der Waals surface area contributed by atoms with Gasteiger partial charge in [-0.1, -0.05) is 12.1 Å². The summed E-state index contributed by atoms with van der Waals surface area (Å²) in [4.78, 5) is 15.5. The Morgan fingerprint density at radius 3 is 2.68 bits per heavy atom. The van der Waals surface area contributed by atoms with Gasteiger partial charge in [0.15, 0.2) is 0 Å². The summed E-state index contributed by atoms with van der Waals surface area (Å²) in [7, 11) is -4.09. The standard InChI is InChI=1S/C17H14FN3O3S/c1-12-5-6-16(14(18)10-12)25(23,24)21-9-7-13(11-21)20-17(22)15-4-2-3-8-19-15/h2-11H,1H3,(H,20,22). The van der Waals surface area contributed by atoms with Crippen molar-refractivity contribution in [3.8, 4) is 0 Å². The van der Waals surface area contributed by atoms with Crippen molar-refractivity contribution < 1.29 is 17.6 Å². The Morgan fingerprint density at radius 1 is 1.20 bits per heavy atom. The molecule has 2 aromatic heterocycles. The fraction of sp³-hybridized carbons (Fsp3) is 0.0588. The molecule has 1 amide bonds. The number of halogens is 1. The molecule has 1 aromatic carbocycles. The van der Waals surface area contributed by atoms with Crippen molar-refractivity contribution in [2.24, 2.45) is 0 Å². The number of nitrogens with zero attached hydrogens (tertiary/aromatic N) is 2. The van der Waals surface area contributed by atoms with E-state index in [0.717, 1.165) is 10.0 Å². The number of hydrogen-bond donors (Lipinski definition) is 1. The summed E-state index contributed by atoms with van der Waals surface area (Å²) >= 11 is 0. The lowest BCUT2D eigenvalue weighted by atomic mass is 10.2.